The van der Waals surface area contributed by atoms with Gasteiger partial charge in [0.15, 0.2) is 0 Å². The molecule has 0 spiro atoms. The van der Waals surface area contributed by atoms with Gasteiger partial charge in [-0.15, -0.1) is 0 Å². The van der Waals surface area contributed by atoms with E-state index in [0.29, 0.717) is 23.7 Å². The lowest BCUT2D eigenvalue weighted by molar-refractivity contribution is -0.126. The van der Waals surface area contributed by atoms with Crippen molar-refractivity contribution < 1.29 is 14.3 Å². The maximum atomic E-state index is 12.5. The van der Waals surface area contributed by atoms with Crippen molar-refractivity contribution in [3.63, 3.8) is 0 Å². The van der Waals surface area contributed by atoms with E-state index in [9.17, 15) is 9.59 Å². The molecule has 1 N–H and O–H groups in total. The predicted octanol–water partition coefficient (Wildman–Crippen LogP) is 2.81. The van der Waals surface area contributed by atoms with Crippen LogP contribution in [0.3, 0.4) is 0 Å². The smallest absolute Gasteiger partial charge is 0.249 e. The second-order valence-corrected chi connectivity index (χ2v) is 6.29. The summed E-state index contributed by atoms with van der Waals surface area (Å²) in [5.74, 6) is 0.289. The lowest BCUT2D eigenvalue weighted by atomic mass is 10.1. The third-order valence-corrected chi connectivity index (χ3v) is 4.48. The van der Waals surface area contributed by atoms with Crippen LogP contribution >= 0.6 is 11.6 Å². The average molecular weight is 359 g/mol. The molecule has 130 valence electrons. The molecule has 1 fully saturated rings. The zero-order chi connectivity index (χ0) is 17.8. The molecule has 1 saturated heterocycles. The number of nitrogens with one attached hydrogen (secondary N) is 1. The zero-order valence-electron chi connectivity index (χ0n) is 13.9. The molecule has 0 aliphatic carbocycles. The number of anilines is 1. The van der Waals surface area contributed by atoms with Gasteiger partial charge in [0.05, 0.1) is 18.6 Å². The first-order valence-corrected chi connectivity index (χ1v) is 8.44. The highest BCUT2D eigenvalue weighted by atomic mass is 35.5. The van der Waals surface area contributed by atoms with E-state index in [1.54, 1.807) is 23.1 Å². The van der Waals surface area contributed by atoms with Crippen LogP contribution in [0, 0.1) is 0 Å². The normalized spacial score (nSPS) is 16.8. The van der Waals surface area contributed by atoms with E-state index in [1.165, 1.54) is 7.11 Å². The average Bonchev–Trinajstić information content (AvgIpc) is 2.96. The zero-order valence-corrected chi connectivity index (χ0v) is 14.6. The van der Waals surface area contributed by atoms with Crippen molar-refractivity contribution in [3.8, 4) is 5.75 Å². The summed E-state index contributed by atoms with van der Waals surface area (Å²) in [5, 5.41) is 3.28. The third kappa shape index (κ3) is 3.94. The number of methoxy groups -OCH3 is 1. The van der Waals surface area contributed by atoms with Crippen LogP contribution in [0.2, 0.25) is 5.02 Å². The Morgan fingerprint density at radius 3 is 2.72 bits per heavy atom. The van der Waals surface area contributed by atoms with Gasteiger partial charge in [-0.1, -0.05) is 35.9 Å². The molecule has 0 radical (unpaired) electrons. The van der Waals surface area contributed by atoms with Gasteiger partial charge in [0.25, 0.3) is 0 Å². The van der Waals surface area contributed by atoms with Gasteiger partial charge in [0.2, 0.25) is 11.8 Å². The molecule has 1 atom stereocenters. The Kier molecular flexibility index (Phi) is 5.24. The Hall–Kier alpha value is -2.53. The van der Waals surface area contributed by atoms with Crippen LogP contribution in [0.15, 0.2) is 48.5 Å². The van der Waals surface area contributed by atoms with Crippen molar-refractivity contribution in [2.75, 3.05) is 18.6 Å². The Morgan fingerprint density at radius 2 is 2.04 bits per heavy atom. The first-order chi connectivity index (χ1) is 12.1. The molecule has 2 amide bonds. The molecule has 3 rings (SSSR count). The Bertz CT molecular complexity index is 779. The van der Waals surface area contributed by atoms with Crippen molar-refractivity contribution in [2.45, 2.75) is 18.9 Å². The molecular formula is C19H19ClN2O3. The molecule has 0 unspecified atom stereocenters. The number of halogens is 1. The van der Waals surface area contributed by atoms with E-state index < -0.39 is 6.04 Å². The van der Waals surface area contributed by atoms with Crippen LogP contribution in [-0.2, 0) is 16.0 Å². The van der Waals surface area contributed by atoms with Crippen LogP contribution in [0.25, 0.3) is 0 Å². The minimum absolute atomic E-state index is 0.0766. The number of amides is 2. The fourth-order valence-electron chi connectivity index (χ4n) is 2.93. The molecule has 2 aromatic carbocycles. The summed E-state index contributed by atoms with van der Waals surface area (Å²) < 4.78 is 5.10. The van der Waals surface area contributed by atoms with Gasteiger partial charge in [-0.2, -0.15) is 0 Å². The fourth-order valence-corrected chi connectivity index (χ4v) is 3.21. The number of carbonyl (C=O) groups is 2. The Morgan fingerprint density at radius 1 is 1.28 bits per heavy atom. The molecule has 5 nitrogen and oxygen atoms in total. The minimum Gasteiger partial charge on any atom is -0.495 e. The van der Waals surface area contributed by atoms with Gasteiger partial charge >= 0.3 is 0 Å². The van der Waals surface area contributed by atoms with Gasteiger partial charge in [-0.05, 0) is 36.2 Å². The van der Waals surface area contributed by atoms with Crippen molar-refractivity contribution in [3.05, 3.63) is 59.1 Å². The molecule has 0 saturated carbocycles. The highest BCUT2D eigenvalue weighted by Gasteiger charge is 2.33. The van der Waals surface area contributed by atoms with Crippen LogP contribution in [0.4, 0.5) is 5.69 Å². The van der Waals surface area contributed by atoms with Crippen molar-refractivity contribution in [2.24, 2.45) is 0 Å². The van der Waals surface area contributed by atoms with E-state index in [4.69, 9.17) is 16.3 Å². The van der Waals surface area contributed by atoms with Gasteiger partial charge < -0.3 is 15.0 Å². The first-order valence-electron chi connectivity index (χ1n) is 8.06. The largest absolute Gasteiger partial charge is 0.495 e. The monoisotopic (exact) mass is 358 g/mol. The molecular weight excluding hydrogens is 340 g/mol. The van der Waals surface area contributed by atoms with Crippen molar-refractivity contribution >= 4 is 29.1 Å². The molecule has 1 heterocycles. The highest BCUT2D eigenvalue weighted by Crippen LogP contribution is 2.25. The summed E-state index contributed by atoms with van der Waals surface area (Å²) in [6.07, 6.45) is 0.766. The number of carbonyl (C=O) groups excluding carboxylic acids is 2. The van der Waals surface area contributed by atoms with Gasteiger partial charge in [0, 0.05) is 12.2 Å². The van der Waals surface area contributed by atoms with Crippen molar-refractivity contribution in [1.82, 2.24) is 5.32 Å². The Labute approximate surface area is 151 Å². The van der Waals surface area contributed by atoms with Crippen LogP contribution in [0.5, 0.6) is 5.75 Å². The summed E-state index contributed by atoms with van der Waals surface area (Å²) in [6, 6.07) is 14.2. The molecule has 1 aliphatic heterocycles. The van der Waals surface area contributed by atoms with E-state index >= 15 is 0 Å². The molecule has 0 bridgehead atoms. The van der Waals surface area contributed by atoms with Crippen LogP contribution < -0.4 is 15.0 Å². The first kappa shape index (κ1) is 17.3. The summed E-state index contributed by atoms with van der Waals surface area (Å²) in [6.45, 7) is 0.599. The maximum absolute atomic E-state index is 12.5. The lowest BCUT2D eigenvalue weighted by Gasteiger charge is -2.17. The summed E-state index contributed by atoms with van der Waals surface area (Å²) in [4.78, 5) is 26.5. The van der Waals surface area contributed by atoms with E-state index in [2.05, 4.69) is 5.32 Å². The molecule has 2 aromatic rings. The highest BCUT2D eigenvalue weighted by molar-refractivity contribution is 6.32. The number of hydrogen-bond acceptors (Lipinski definition) is 3. The van der Waals surface area contributed by atoms with Gasteiger partial charge in [-0.3, -0.25) is 9.59 Å². The van der Waals surface area contributed by atoms with E-state index in [-0.39, 0.29) is 18.2 Å². The lowest BCUT2D eigenvalue weighted by Crippen LogP contribution is -2.42. The number of nitrogens with zero attached hydrogens (tertiary/aromatic N) is 1. The molecule has 1 aliphatic rings. The summed E-state index contributed by atoms with van der Waals surface area (Å²) in [7, 11) is 1.54. The Balaban J connectivity index is 1.60. The second kappa shape index (κ2) is 7.57. The number of para-hydroxylation sites is 1. The van der Waals surface area contributed by atoms with Gasteiger partial charge in [-0.25, -0.2) is 0 Å². The quantitative estimate of drug-likeness (QED) is 0.894. The third-order valence-electron chi connectivity index (χ3n) is 4.19. The number of hydrogen-bond donors (Lipinski definition) is 1. The van der Waals surface area contributed by atoms with Gasteiger partial charge in [0.1, 0.15) is 11.8 Å². The van der Waals surface area contributed by atoms with Crippen LogP contribution in [-0.4, -0.2) is 31.5 Å². The summed E-state index contributed by atoms with van der Waals surface area (Å²) >= 11 is 6.08. The van der Waals surface area contributed by atoms with E-state index in [0.717, 1.165) is 11.3 Å². The number of ether oxygens (including phenoxy) is 1. The standard InChI is InChI=1S/C19H19ClN2O3/c1-25-17-8-7-13(11-15(17)20)12-18(23)21-16-9-10-22(19(16)24)14-5-3-2-4-6-14/h2-8,11,16H,9-10,12H2,1H3,(H,21,23)/t16-/m0/s1. The summed E-state index contributed by atoms with van der Waals surface area (Å²) in [5.41, 5.74) is 1.62. The molecule has 25 heavy (non-hydrogen) atoms. The van der Waals surface area contributed by atoms with E-state index in [1.807, 2.05) is 30.3 Å². The van der Waals surface area contributed by atoms with Crippen LogP contribution in [0.1, 0.15) is 12.0 Å². The SMILES string of the molecule is COc1ccc(CC(=O)N[C@H]2CCN(c3ccccc3)C2=O)cc1Cl. The molecule has 0 aromatic heterocycles. The maximum Gasteiger partial charge on any atom is 0.249 e. The predicted molar refractivity (Wildman–Crippen MR) is 97.1 cm³/mol. The van der Waals surface area contributed by atoms with Crippen molar-refractivity contribution in [1.29, 1.82) is 0 Å². The fraction of sp³-hybridized carbons (Fsp3) is 0.263. The molecule has 6 heteroatoms. The topological polar surface area (TPSA) is 58.6 Å². The second-order valence-electron chi connectivity index (χ2n) is 5.88. The number of rotatable bonds is 5. The minimum atomic E-state index is -0.485. The number of benzene rings is 2.